The van der Waals surface area contributed by atoms with Gasteiger partial charge in [-0.1, -0.05) is 60.7 Å². The van der Waals surface area contributed by atoms with Crippen LogP contribution in [0.1, 0.15) is 41.6 Å². The molecule has 8 heteroatoms. The van der Waals surface area contributed by atoms with Crippen LogP contribution in [0.5, 0.6) is 0 Å². The molecule has 0 fully saturated rings. The van der Waals surface area contributed by atoms with E-state index in [9.17, 15) is 18.0 Å². The molecule has 0 bridgehead atoms. The Balaban J connectivity index is 1.67. The first kappa shape index (κ1) is 24.6. The molecule has 0 radical (unpaired) electrons. The van der Waals surface area contributed by atoms with Crippen molar-refractivity contribution in [3.8, 4) is 0 Å². The highest BCUT2D eigenvalue weighted by Gasteiger charge is 2.38. The number of hydrogen-bond donors (Lipinski definition) is 2. The Labute approximate surface area is 206 Å². The van der Waals surface area contributed by atoms with Gasteiger partial charge in [-0.15, -0.1) is 0 Å². The Morgan fingerprint density at radius 2 is 1.71 bits per heavy atom. The molecule has 4 rings (SSSR count). The van der Waals surface area contributed by atoms with Gasteiger partial charge in [-0.05, 0) is 47.7 Å². The highest BCUT2D eigenvalue weighted by atomic mass is 32.2. The summed E-state index contributed by atoms with van der Waals surface area (Å²) in [6.07, 6.45) is 0.531. The number of rotatable bonds is 7. The van der Waals surface area contributed by atoms with E-state index in [1.807, 2.05) is 54.6 Å². The van der Waals surface area contributed by atoms with Crippen molar-refractivity contribution in [2.75, 3.05) is 11.9 Å². The molecule has 2 N–H and O–H groups in total. The van der Waals surface area contributed by atoms with Crippen LogP contribution in [0, 0.1) is 6.92 Å². The van der Waals surface area contributed by atoms with Crippen LogP contribution in [-0.4, -0.2) is 31.1 Å². The summed E-state index contributed by atoms with van der Waals surface area (Å²) in [4.78, 5) is 24.8. The first-order valence-electron chi connectivity index (χ1n) is 11.5. The number of fused-ring (bicyclic) bond motifs is 1. The van der Waals surface area contributed by atoms with Crippen molar-refractivity contribution in [1.29, 1.82) is 0 Å². The summed E-state index contributed by atoms with van der Waals surface area (Å²) in [7, 11) is -4.03. The average Bonchev–Trinajstić information content (AvgIpc) is 2.84. The highest BCUT2D eigenvalue weighted by molar-refractivity contribution is 7.89. The Hall–Kier alpha value is -3.49. The number of sulfonamides is 1. The van der Waals surface area contributed by atoms with E-state index in [4.69, 9.17) is 0 Å². The second-order valence-corrected chi connectivity index (χ2v) is 10.6. The summed E-state index contributed by atoms with van der Waals surface area (Å²) in [5.74, 6) is -0.590. The zero-order valence-electron chi connectivity index (χ0n) is 19.8. The summed E-state index contributed by atoms with van der Waals surface area (Å²) in [5.41, 5.74) is 3.81. The van der Waals surface area contributed by atoms with Crippen molar-refractivity contribution in [2.24, 2.45) is 0 Å². The summed E-state index contributed by atoms with van der Waals surface area (Å²) in [6, 6.07) is 21.5. The third-order valence-corrected chi connectivity index (χ3v) is 8.06. The van der Waals surface area contributed by atoms with Gasteiger partial charge in [0.2, 0.25) is 21.8 Å². The lowest BCUT2D eigenvalue weighted by molar-refractivity contribution is -0.122. The predicted molar refractivity (Wildman–Crippen MR) is 135 cm³/mol. The molecule has 1 atom stereocenters. The van der Waals surface area contributed by atoms with E-state index < -0.39 is 16.1 Å². The van der Waals surface area contributed by atoms with Gasteiger partial charge in [-0.25, -0.2) is 8.42 Å². The largest absolute Gasteiger partial charge is 0.352 e. The van der Waals surface area contributed by atoms with E-state index in [0.29, 0.717) is 13.0 Å². The quantitative estimate of drug-likeness (QED) is 0.523. The molecule has 35 heavy (non-hydrogen) atoms. The van der Waals surface area contributed by atoms with Crippen LogP contribution in [0.15, 0.2) is 77.7 Å². The Bertz CT molecular complexity index is 1340. The fourth-order valence-corrected chi connectivity index (χ4v) is 6.27. The molecule has 1 heterocycles. The van der Waals surface area contributed by atoms with Crippen LogP contribution in [0.2, 0.25) is 0 Å². The minimum Gasteiger partial charge on any atom is -0.352 e. The van der Waals surface area contributed by atoms with Crippen LogP contribution in [-0.2, 0) is 32.6 Å². The standard InChI is InChI=1S/C27H29N3O4S/c1-19-12-13-24(29-20(2)31)26(16-19)35(33,34)30-15-14-22-10-6-7-11-23(22)25(30)17-27(32)28-18-21-8-4-3-5-9-21/h3-13,16,25H,14-15,17-18H2,1-2H3,(H,28,32)(H,29,31)/t25-/m1/s1. The van der Waals surface area contributed by atoms with E-state index in [1.54, 1.807) is 25.1 Å². The van der Waals surface area contributed by atoms with Crippen LogP contribution in [0.25, 0.3) is 0 Å². The minimum absolute atomic E-state index is 0.00956. The molecule has 0 spiro atoms. The SMILES string of the molecule is CC(=O)Nc1ccc(C)cc1S(=O)(=O)N1CCc2ccccc2[C@H]1CC(=O)NCc1ccccc1. The van der Waals surface area contributed by atoms with Crippen molar-refractivity contribution in [3.63, 3.8) is 0 Å². The molecule has 0 saturated carbocycles. The second-order valence-electron chi connectivity index (χ2n) is 8.73. The van der Waals surface area contributed by atoms with Gasteiger partial charge in [0.1, 0.15) is 4.90 Å². The summed E-state index contributed by atoms with van der Waals surface area (Å²) < 4.78 is 29.3. The van der Waals surface area contributed by atoms with Crippen molar-refractivity contribution in [2.45, 2.75) is 44.2 Å². The maximum absolute atomic E-state index is 14.0. The number of nitrogens with one attached hydrogen (secondary N) is 2. The van der Waals surface area contributed by atoms with Gasteiger partial charge in [-0.3, -0.25) is 9.59 Å². The number of hydrogen-bond acceptors (Lipinski definition) is 4. The Morgan fingerprint density at radius 3 is 2.46 bits per heavy atom. The molecule has 0 saturated heterocycles. The zero-order valence-corrected chi connectivity index (χ0v) is 20.6. The third kappa shape index (κ3) is 5.61. The predicted octanol–water partition coefficient (Wildman–Crippen LogP) is 3.95. The van der Waals surface area contributed by atoms with Gasteiger partial charge in [-0.2, -0.15) is 4.31 Å². The van der Waals surface area contributed by atoms with E-state index in [2.05, 4.69) is 10.6 Å². The molecule has 0 aromatic heterocycles. The topological polar surface area (TPSA) is 95.6 Å². The van der Waals surface area contributed by atoms with Crippen molar-refractivity contribution < 1.29 is 18.0 Å². The first-order chi connectivity index (χ1) is 16.8. The molecule has 3 aromatic carbocycles. The molecule has 0 aliphatic carbocycles. The average molecular weight is 492 g/mol. The molecule has 2 amide bonds. The third-order valence-electron chi connectivity index (χ3n) is 6.11. The van der Waals surface area contributed by atoms with Crippen LogP contribution < -0.4 is 10.6 Å². The number of nitrogens with zero attached hydrogens (tertiary/aromatic N) is 1. The first-order valence-corrected chi connectivity index (χ1v) is 13.0. The number of anilines is 1. The summed E-state index contributed by atoms with van der Waals surface area (Å²) in [5, 5.41) is 5.55. The van der Waals surface area contributed by atoms with Crippen molar-refractivity contribution in [1.82, 2.24) is 9.62 Å². The van der Waals surface area contributed by atoms with E-state index in [-0.39, 0.29) is 35.4 Å². The Kier molecular flexibility index (Phi) is 7.33. The van der Waals surface area contributed by atoms with Crippen molar-refractivity contribution in [3.05, 3.63) is 95.1 Å². The molecule has 7 nitrogen and oxygen atoms in total. The zero-order chi connectivity index (χ0) is 25.0. The van der Waals surface area contributed by atoms with Crippen molar-refractivity contribution >= 4 is 27.5 Å². The van der Waals surface area contributed by atoms with Gasteiger partial charge < -0.3 is 10.6 Å². The van der Waals surface area contributed by atoms with Crippen LogP contribution in [0.3, 0.4) is 0 Å². The van der Waals surface area contributed by atoms with Gasteiger partial charge in [0.25, 0.3) is 0 Å². The molecular formula is C27H29N3O4S. The second kappa shape index (κ2) is 10.4. The van der Waals surface area contributed by atoms with Gasteiger partial charge in [0.15, 0.2) is 0 Å². The van der Waals surface area contributed by atoms with Crippen LogP contribution in [0.4, 0.5) is 5.69 Å². The van der Waals surface area contributed by atoms with E-state index in [0.717, 1.165) is 22.3 Å². The number of benzene rings is 3. The van der Waals surface area contributed by atoms with E-state index >= 15 is 0 Å². The highest BCUT2D eigenvalue weighted by Crippen LogP contribution is 2.38. The molecule has 1 aliphatic rings. The fourth-order valence-electron chi connectivity index (χ4n) is 4.43. The minimum atomic E-state index is -4.03. The van der Waals surface area contributed by atoms with Gasteiger partial charge in [0, 0.05) is 26.4 Å². The molecular weight excluding hydrogens is 462 g/mol. The monoisotopic (exact) mass is 491 g/mol. The summed E-state index contributed by atoms with van der Waals surface area (Å²) >= 11 is 0. The smallest absolute Gasteiger partial charge is 0.245 e. The molecule has 1 aliphatic heterocycles. The number of carbonyl (C=O) groups excluding carboxylic acids is 2. The lowest BCUT2D eigenvalue weighted by atomic mass is 9.92. The van der Waals surface area contributed by atoms with Gasteiger partial charge >= 0.3 is 0 Å². The maximum atomic E-state index is 14.0. The lowest BCUT2D eigenvalue weighted by Crippen LogP contribution is -2.42. The molecule has 182 valence electrons. The normalized spacial score (nSPS) is 15.8. The van der Waals surface area contributed by atoms with Gasteiger partial charge in [0.05, 0.1) is 11.7 Å². The fraction of sp³-hybridized carbons (Fsp3) is 0.259. The van der Waals surface area contributed by atoms with E-state index in [1.165, 1.54) is 11.2 Å². The molecule has 0 unspecified atom stereocenters. The lowest BCUT2D eigenvalue weighted by Gasteiger charge is -2.36. The number of carbonyl (C=O) groups is 2. The summed E-state index contributed by atoms with van der Waals surface area (Å²) in [6.45, 7) is 3.75. The maximum Gasteiger partial charge on any atom is 0.245 e. The Morgan fingerprint density at radius 1 is 1.00 bits per heavy atom. The molecule has 3 aromatic rings. The number of amides is 2. The van der Waals surface area contributed by atoms with Crippen LogP contribution >= 0.6 is 0 Å². The number of aryl methyl sites for hydroxylation is 1.